The van der Waals surface area contributed by atoms with Crippen LogP contribution in [0.4, 0.5) is 0 Å². The molecule has 1 N–H and O–H groups in total. The number of hydrogen-bond acceptors (Lipinski definition) is 3. The van der Waals surface area contributed by atoms with E-state index in [0.717, 1.165) is 29.8 Å². The first-order valence-electron chi connectivity index (χ1n) is 8.59. The second-order valence-electron chi connectivity index (χ2n) is 5.89. The molecule has 0 fully saturated rings. The molecule has 0 aromatic heterocycles. The maximum Gasteiger partial charge on any atom is 0.161 e. The van der Waals surface area contributed by atoms with Gasteiger partial charge >= 0.3 is 0 Å². The maximum absolute atomic E-state index is 6.20. The van der Waals surface area contributed by atoms with E-state index in [1.54, 1.807) is 12.1 Å². The molecule has 1 atom stereocenters. The second kappa shape index (κ2) is 9.91. The van der Waals surface area contributed by atoms with Gasteiger partial charge in [0.15, 0.2) is 11.5 Å². The fourth-order valence-corrected chi connectivity index (χ4v) is 2.81. The summed E-state index contributed by atoms with van der Waals surface area (Å²) in [6.07, 6.45) is 1.10. The van der Waals surface area contributed by atoms with E-state index in [-0.39, 0.29) is 0 Å². The Labute approximate surface area is 160 Å². The average Bonchev–Trinajstić information content (AvgIpc) is 2.60. The third kappa shape index (κ3) is 5.81. The van der Waals surface area contributed by atoms with Crippen molar-refractivity contribution in [3.8, 4) is 11.5 Å². The largest absolute Gasteiger partial charge is 0.490 e. The van der Waals surface area contributed by atoms with Crippen molar-refractivity contribution in [2.45, 2.75) is 46.4 Å². The molecule has 2 aromatic rings. The normalized spacial score (nSPS) is 12.0. The summed E-state index contributed by atoms with van der Waals surface area (Å²) in [6.45, 7) is 7.97. The monoisotopic (exact) mass is 381 g/mol. The lowest BCUT2D eigenvalue weighted by Crippen LogP contribution is -2.24. The van der Waals surface area contributed by atoms with Crippen molar-refractivity contribution >= 4 is 23.2 Å². The summed E-state index contributed by atoms with van der Waals surface area (Å²) < 4.78 is 11.7. The molecule has 0 aliphatic heterocycles. The fraction of sp³-hybridized carbons (Fsp3) is 0.400. The zero-order valence-corrected chi connectivity index (χ0v) is 16.5. The van der Waals surface area contributed by atoms with Gasteiger partial charge in [-0.25, -0.2) is 0 Å². The van der Waals surface area contributed by atoms with Crippen LogP contribution in [0.5, 0.6) is 11.5 Å². The molecule has 0 radical (unpaired) electrons. The molecule has 0 saturated carbocycles. The topological polar surface area (TPSA) is 30.5 Å². The van der Waals surface area contributed by atoms with E-state index in [9.17, 15) is 0 Å². The van der Waals surface area contributed by atoms with Gasteiger partial charge in [-0.3, -0.25) is 0 Å². The third-order valence-electron chi connectivity index (χ3n) is 4.01. The Morgan fingerprint density at radius 1 is 1.00 bits per heavy atom. The summed E-state index contributed by atoms with van der Waals surface area (Å²) in [4.78, 5) is 0. The fourth-order valence-electron chi connectivity index (χ4n) is 2.31. The summed E-state index contributed by atoms with van der Waals surface area (Å²) in [5.74, 6) is 1.42. The van der Waals surface area contributed by atoms with Crippen LogP contribution < -0.4 is 14.8 Å². The first-order valence-corrected chi connectivity index (χ1v) is 9.35. The number of hydrogen-bond donors (Lipinski definition) is 1. The van der Waals surface area contributed by atoms with E-state index < -0.39 is 0 Å². The first kappa shape index (κ1) is 19.9. The summed E-state index contributed by atoms with van der Waals surface area (Å²) in [5, 5.41) is 4.67. The molecular formula is C20H25Cl2NO2. The van der Waals surface area contributed by atoms with Gasteiger partial charge in [0.2, 0.25) is 0 Å². The van der Waals surface area contributed by atoms with Gasteiger partial charge in [0, 0.05) is 28.2 Å². The molecule has 0 saturated heterocycles. The highest BCUT2D eigenvalue weighted by Crippen LogP contribution is 2.31. The second-order valence-corrected chi connectivity index (χ2v) is 6.71. The maximum atomic E-state index is 6.20. The van der Waals surface area contributed by atoms with E-state index in [1.807, 2.05) is 31.2 Å². The van der Waals surface area contributed by atoms with Crippen molar-refractivity contribution in [3.05, 3.63) is 57.6 Å². The highest BCUT2D eigenvalue weighted by atomic mass is 35.5. The van der Waals surface area contributed by atoms with Gasteiger partial charge in [0.1, 0.15) is 6.61 Å². The summed E-state index contributed by atoms with van der Waals surface area (Å²) in [7, 11) is 0. The van der Waals surface area contributed by atoms with Crippen molar-refractivity contribution in [2.24, 2.45) is 0 Å². The van der Waals surface area contributed by atoms with Crippen LogP contribution in [0.1, 0.15) is 38.3 Å². The van der Waals surface area contributed by atoms with E-state index >= 15 is 0 Å². The lowest BCUT2D eigenvalue weighted by molar-refractivity contribution is 0.269. The molecule has 2 rings (SSSR count). The Balaban J connectivity index is 2.11. The van der Waals surface area contributed by atoms with Crippen molar-refractivity contribution in [1.29, 1.82) is 0 Å². The Bertz CT molecular complexity index is 671. The van der Waals surface area contributed by atoms with Gasteiger partial charge in [0.25, 0.3) is 0 Å². The van der Waals surface area contributed by atoms with Gasteiger partial charge in [-0.2, -0.15) is 0 Å². The zero-order chi connectivity index (χ0) is 18.2. The molecule has 0 spiro atoms. The summed E-state index contributed by atoms with van der Waals surface area (Å²) >= 11 is 12.4. The Kier molecular flexibility index (Phi) is 7.89. The molecule has 0 aliphatic carbocycles. The minimum Gasteiger partial charge on any atom is -0.490 e. The highest BCUT2D eigenvalue weighted by molar-refractivity contribution is 6.35. The van der Waals surface area contributed by atoms with Crippen LogP contribution in [-0.4, -0.2) is 12.6 Å². The van der Waals surface area contributed by atoms with Crippen LogP contribution in [0.3, 0.4) is 0 Å². The van der Waals surface area contributed by atoms with Crippen LogP contribution in [0.2, 0.25) is 10.0 Å². The Morgan fingerprint density at radius 2 is 1.72 bits per heavy atom. The number of rotatable bonds is 9. The van der Waals surface area contributed by atoms with E-state index in [4.69, 9.17) is 32.7 Å². The molecule has 0 bridgehead atoms. The van der Waals surface area contributed by atoms with Crippen molar-refractivity contribution in [3.63, 3.8) is 0 Å². The molecule has 0 heterocycles. The van der Waals surface area contributed by atoms with Gasteiger partial charge in [-0.05, 0) is 50.1 Å². The van der Waals surface area contributed by atoms with Gasteiger partial charge in [-0.15, -0.1) is 0 Å². The SMILES string of the molecule is CCOc1cc(CN[C@H](C)CC)ccc1OCc1c(Cl)cccc1Cl. The molecule has 2 aromatic carbocycles. The van der Waals surface area contributed by atoms with Gasteiger partial charge in [-0.1, -0.05) is 42.3 Å². The standard InChI is InChI=1S/C20H25Cl2NO2/c1-4-14(3)23-12-15-9-10-19(20(11-15)24-5-2)25-13-16-17(21)7-6-8-18(16)22/h6-11,14,23H,4-5,12-13H2,1-3H3/t14-/m1/s1. The third-order valence-corrected chi connectivity index (χ3v) is 4.72. The molecule has 3 nitrogen and oxygen atoms in total. The Morgan fingerprint density at radius 3 is 2.36 bits per heavy atom. The highest BCUT2D eigenvalue weighted by Gasteiger charge is 2.11. The lowest BCUT2D eigenvalue weighted by Gasteiger charge is -2.16. The predicted octanol–water partition coefficient (Wildman–Crippen LogP) is 5.86. The van der Waals surface area contributed by atoms with Crippen LogP contribution >= 0.6 is 23.2 Å². The van der Waals surface area contributed by atoms with Crippen LogP contribution in [0.15, 0.2) is 36.4 Å². The number of nitrogens with one attached hydrogen (secondary N) is 1. The molecule has 0 aliphatic rings. The minimum absolute atomic E-state index is 0.295. The molecule has 0 amide bonds. The first-order chi connectivity index (χ1) is 12.0. The van der Waals surface area contributed by atoms with Crippen LogP contribution in [-0.2, 0) is 13.2 Å². The number of benzene rings is 2. The predicted molar refractivity (Wildman–Crippen MR) is 105 cm³/mol. The van der Waals surface area contributed by atoms with Crippen molar-refractivity contribution < 1.29 is 9.47 Å². The van der Waals surface area contributed by atoms with E-state index in [1.165, 1.54) is 0 Å². The lowest BCUT2D eigenvalue weighted by atomic mass is 10.1. The number of ether oxygens (including phenoxy) is 2. The smallest absolute Gasteiger partial charge is 0.161 e. The van der Waals surface area contributed by atoms with Crippen LogP contribution in [0, 0.1) is 0 Å². The van der Waals surface area contributed by atoms with Crippen LogP contribution in [0.25, 0.3) is 0 Å². The van der Waals surface area contributed by atoms with Crippen molar-refractivity contribution in [2.75, 3.05) is 6.61 Å². The van der Waals surface area contributed by atoms with Gasteiger partial charge < -0.3 is 14.8 Å². The minimum atomic E-state index is 0.295. The van der Waals surface area contributed by atoms with E-state index in [2.05, 4.69) is 19.2 Å². The summed E-state index contributed by atoms with van der Waals surface area (Å²) in [5.41, 5.74) is 1.93. The molecular weight excluding hydrogens is 357 g/mol. The Hall–Kier alpha value is -1.42. The number of halogens is 2. The quantitative estimate of drug-likeness (QED) is 0.589. The van der Waals surface area contributed by atoms with E-state index in [0.29, 0.717) is 35.1 Å². The zero-order valence-electron chi connectivity index (χ0n) is 14.9. The average molecular weight is 382 g/mol. The van der Waals surface area contributed by atoms with Gasteiger partial charge in [0.05, 0.1) is 6.61 Å². The molecule has 5 heteroatoms. The molecule has 136 valence electrons. The molecule has 0 unspecified atom stereocenters. The molecule has 25 heavy (non-hydrogen) atoms. The summed E-state index contributed by atoms with van der Waals surface area (Å²) in [6, 6.07) is 11.9. The van der Waals surface area contributed by atoms with Crippen molar-refractivity contribution in [1.82, 2.24) is 5.32 Å².